The van der Waals surface area contributed by atoms with Crippen molar-refractivity contribution in [3.8, 4) is 10.6 Å². The molecule has 0 spiro atoms. The van der Waals surface area contributed by atoms with E-state index in [4.69, 9.17) is 11.6 Å². The number of anilines is 1. The van der Waals surface area contributed by atoms with Crippen LogP contribution in [-0.2, 0) is 0 Å². The van der Waals surface area contributed by atoms with Gasteiger partial charge in [0, 0.05) is 17.9 Å². The van der Waals surface area contributed by atoms with E-state index in [-0.39, 0.29) is 0 Å². The third-order valence-electron chi connectivity index (χ3n) is 2.11. The number of halogens is 1. The third-order valence-corrected chi connectivity index (χ3v) is 3.97. The van der Waals surface area contributed by atoms with E-state index in [0.717, 1.165) is 28.0 Å². The van der Waals surface area contributed by atoms with Crippen LogP contribution in [-0.4, -0.2) is 28.8 Å². The fraction of sp³-hybridized carbons (Fsp3) is 0.273. The number of nitrogens with one attached hydrogen (secondary N) is 1. The molecule has 0 saturated heterocycles. The van der Waals surface area contributed by atoms with Gasteiger partial charge in [0.1, 0.15) is 0 Å². The monoisotopic (exact) mass is 285 g/mol. The van der Waals surface area contributed by atoms with Crippen molar-refractivity contribution in [2.45, 2.75) is 0 Å². The zero-order chi connectivity index (χ0) is 12.1. The first kappa shape index (κ1) is 12.7. The summed E-state index contributed by atoms with van der Waals surface area (Å²) in [4.78, 5) is 0. The molecule has 2 rings (SSSR count). The van der Waals surface area contributed by atoms with Gasteiger partial charge in [0.25, 0.3) is 0 Å². The molecule has 0 atom stereocenters. The molecule has 0 aliphatic carbocycles. The molecule has 0 bridgehead atoms. The number of rotatable bonds is 5. The number of hydrogen-bond acceptors (Lipinski definition) is 5. The summed E-state index contributed by atoms with van der Waals surface area (Å²) in [6, 6.07) is 7.67. The fourth-order valence-corrected chi connectivity index (χ4v) is 2.69. The summed E-state index contributed by atoms with van der Waals surface area (Å²) < 4.78 is 0. The highest BCUT2D eigenvalue weighted by molar-refractivity contribution is 7.98. The number of nitrogens with zero attached hydrogens (tertiary/aromatic N) is 2. The maximum Gasteiger partial charge on any atom is 0.206 e. The molecule has 1 aromatic heterocycles. The van der Waals surface area contributed by atoms with Crippen molar-refractivity contribution in [1.82, 2.24) is 10.2 Å². The summed E-state index contributed by atoms with van der Waals surface area (Å²) >= 11 is 9.43. The highest BCUT2D eigenvalue weighted by Crippen LogP contribution is 2.31. The molecule has 1 N–H and O–H groups in total. The van der Waals surface area contributed by atoms with Crippen molar-refractivity contribution in [3.63, 3.8) is 0 Å². The van der Waals surface area contributed by atoms with Gasteiger partial charge in [-0.15, -0.1) is 10.2 Å². The Morgan fingerprint density at radius 1 is 1.35 bits per heavy atom. The Morgan fingerprint density at radius 3 is 2.94 bits per heavy atom. The van der Waals surface area contributed by atoms with E-state index in [0.29, 0.717) is 5.02 Å². The van der Waals surface area contributed by atoms with Crippen LogP contribution in [0.15, 0.2) is 24.3 Å². The second-order valence-electron chi connectivity index (χ2n) is 3.31. The summed E-state index contributed by atoms with van der Waals surface area (Å²) in [5.74, 6) is 1.06. The number of aromatic nitrogens is 2. The van der Waals surface area contributed by atoms with Crippen molar-refractivity contribution < 1.29 is 0 Å². The minimum atomic E-state index is 0.708. The van der Waals surface area contributed by atoms with Gasteiger partial charge in [-0.05, 0) is 12.3 Å². The average Bonchev–Trinajstić information content (AvgIpc) is 2.79. The Balaban J connectivity index is 2.10. The molecule has 0 fully saturated rings. The maximum atomic E-state index is 6.11. The van der Waals surface area contributed by atoms with Gasteiger partial charge >= 0.3 is 0 Å². The second-order valence-corrected chi connectivity index (χ2v) is 5.68. The van der Waals surface area contributed by atoms with Crippen LogP contribution in [0.25, 0.3) is 10.6 Å². The molecule has 2 aromatic rings. The van der Waals surface area contributed by atoms with Gasteiger partial charge in [0.2, 0.25) is 5.13 Å². The number of thioether (sulfide) groups is 1. The first-order valence-corrected chi connectivity index (χ1v) is 7.71. The Hall–Kier alpha value is -0.780. The normalized spacial score (nSPS) is 10.5. The van der Waals surface area contributed by atoms with Crippen molar-refractivity contribution >= 4 is 39.8 Å². The molecule has 6 heteroatoms. The van der Waals surface area contributed by atoms with Gasteiger partial charge in [0.05, 0.1) is 5.02 Å². The highest BCUT2D eigenvalue weighted by atomic mass is 35.5. The lowest BCUT2D eigenvalue weighted by atomic mass is 10.2. The third kappa shape index (κ3) is 3.34. The van der Waals surface area contributed by atoms with Gasteiger partial charge in [-0.1, -0.05) is 41.1 Å². The van der Waals surface area contributed by atoms with E-state index in [1.165, 1.54) is 11.3 Å². The molecule has 0 aliphatic heterocycles. The van der Waals surface area contributed by atoms with E-state index in [2.05, 4.69) is 21.8 Å². The molecule has 0 aliphatic rings. The molecule has 3 nitrogen and oxygen atoms in total. The van der Waals surface area contributed by atoms with Gasteiger partial charge in [-0.25, -0.2) is 0 Å². The Bertz CT molecular complexity index is 487. The topological polar surface area (TPSA) is 37.8 Å². The molecule has 0 unspecified atom stereocenters. The van der Waals surface area contributed by atoms with E-state index < -0.39 is 0 Å². The number of hydrogen-bond donors (Lipinski definition) is 1. The second kappa shape index (κ2) is 6.23. The van der Waals surface area contributed by atoms with Crippen LogP contribution in [0.3, 0.4) is 0 Å². The molecule has 1 heterocycles. The van der Waals surface area contributed by atoms with Crippen LogP contribution in [0.1, 0.15) is 0 Å². The SMILES string of the molecule is CSCCNc1nnc(-c2ccccc2Cl)s1. The van der Waals surface area contributed by atoms with Gasteiger partial charge in [-0.2, -0.15) is 11.8 Å². The largest absolute Gasteiger partial charge is 0.359 e. The zero-order valence-corrected chi connectivity index (χ0v) is 11.7. The van der Waals surface area contributed by atoms with E-state index in [9.17, 15) is 0 Å². The van der Waals surface area contributed by atoms with Crippen LogP contribution >= 0.6 is 34.7 Å². The lowest BCUT2D eigenvalue weighted by Gasteiger charge is -1.98. The van der Waals surface area contributed by atoms with E-state index in [1.54, 1.807) is 11.8 Å². The molecule has 0 amide bonds. The predicted molar refractivity (Wildman–Crippen MR) is 77.2 cm³/mol. The van der Waals surface area contributed by atoms with Crippen LogP contribution in [0, 0.1) is 0 Å². The van der Waals surface area contributed by atoms with Gasteiger partial charge in [0.15, 0.2) is 5.01 Å². The summed E-state index contributed by atoms with van der Waals surface area (Å²) in [7, 11) is 0. The standard InChI is InChI=1S/C11H12ClN3S2/c1-16-7-6-13-11-15-14-10(17-11)8-4-2-3-5-9(8)12/h2-5H,6-7H2,1H3,(H,13,15). The lowest BCUT2D eigenvalue weighted by molar-refractivity contribution is 1.07. The zero-order valence-electron chi connectivity index (χ0n) is 9.31. The fourth-order valence-electron chi connectivity index (χ4n) is 1.30. The summed E-state index contributed by atoms with van der Waals surface area (Å²) in [6.07, 6.45) is 2.08. The van der Waals surface area contributed by atoms with E-state index >= 15 is 0 Å². The van der Waals surface area contributed by atoms with E-state index in [1.807, 2.05) is 24.3 Å². The summed E-state index contributed by atoms with van der Waals surface area (Å²) in [5, 5.41) is 13.9. The average molecular weight is 286 g/mol. The van der Waals surface area contributed by atoms with Gasteiger partial charge < -0.3 is 5.32 Å². The molecular weight excluding hydrogens is 274 g/mol. The number of benzene rings is 1. The summed E-state index contributed by atoms with van der Waals surface area (Å²) in [6.45, 7) is 0.901. The Kier molecular flexibility index (Phi) is 4.65. The molecule has 0 radical (unpaired) electrons. The first-order valence-electron chi connectivity index (χ1n) is 5.12. The van der Waals surface area contributed by atoms with Gasteiger partial charge in [-0.3, -0.25) is 0 Å². The van der Waals surface area contributed by atoms with Crippen molar-refractivity contribution in [2.24, 2.45) is 0 Å². The van der Waals surface area contributed by atoms with Crippen molar-refractivity contribution in [2.75, 3.05) is 23.9 Å². The van der Waals surface area contributed by atoms with Crippen LogP contribution in [0.4, 0.5) is 5.13 Å². The van der Waals surface area contributed by atoms with Crippen molar-refractivity contribution in [1.29, 1.82) is 0 Å². The molecular formula is C11H12ClN3S2. The Labute approximate surface area is 114 Å². The van der Waals surface area contributed by atoms with Crippen LogP contribution in [0.2, 0.25) is 5.02 Å². The molecule has 0 saturated carbocycles. The maximum absolute atomic E-state index is 6.11. The summed E-state index contributed by atoms with van der Waals surface area (Å²) in [5.41, 5.74) is 0.935. The molecule has 17 heavy (non-hydrogen) atoms. The Morgan fingerprint density at radius 2 is 2.18 bits per heavy atom. The lowest BCUT2D eigenvalue weighted by Crippen LogP contribution is -2.02. The molecule has 90 valence electrons. The minimum absolute atomic E-state index is 0.708. The minimum Gasteiger partial charge on any atom is -0.359 e. The van der Waals surface area contributed by atoms with Crippen LogP contribution < -0.4 is 5.32 Å². The van der Waals surface area contributed by atoms with Crippen molar-refractivity contribution in [3.05, 3.63) is 29.3 Å². The molecule has 1 aromatic carbocycles. The predicted octanol–water partition coefficient (Wildman–Crippen LogP) is 3.63. The first-order chi connectivity index (χ1) is 8.31. The smallest absolute Gasteiger partial charge is 0.206 e. The highest BCUT2D eigenvalue weighted by Gasteiger charge is 2.08. The quantitative estimate of drug-likeness (QED) is 0.851. The van der Waals surface area contributed by atoms with Crippen LogP contribution in [0.5, 0.6) is 0 Å².